The summed E-state index contributed by atoms with van der Waals surface area (Å²) < 4.78 is 6.20. The highest BCUT2D eigenvalue weighted by Gasteiger charge is 2.36. The summed E-state index contributed by atoms with van der Waals surface area (Å²) in [6, 6.07) is 15.2. The van der Waals surface area contributed by atoms with Crippen molar-refractivity contribution in [3.8, 4) is 0 Å². The summed E-state index contributed by atoms with van der Waals surface area (Å²) in [6.07, 6.45) is 0.905. The monoisotopic (exact) mass is 473 g/mol. The number of ether oxygens (including phenoxy) is 1. The molecule has 0 spiro atoms. The maximum absolute atomic E-state index is 12.8. The molecule has 0 saturated carbocycles. The molecule has 0 aromatic heterocycles. The zero-order chi connectivity index (χ0) is 21.5. The molecule has 0 aliphatic carbocycles. The van der Waals surface area contributed by atoms with E-state index in [0.717, 1.165) is 15.6 Å². The van der Waals surface area contributed by atoms with Crippen molar-refractivity contribution in [2.75, 3.05) is 6.54 Å². The van der Waals surface area contributed by atoms with Gasteiger partial charge in [0.25, 0.3) is 0 Å². The van der Waals surface area contributed by atoms with Gasteiger partial charge in [0, 0.05) is 17.4 Å². The summed E-state index contributed by atoms with van der Waals surface area (Å²) in [7, 11) is 0. The lowest BCUT2D eigenvalue weighted by molar-refractivity contribution is -0.130. The van der Waals surface area contributed by atoms with E-state index in [1.54, 1.807) is 0 Å². The Kier molecular flexibility index (Phi) is 7.46. The minimum absolute atomic E-state index is 0.135. The first kappa shape index (κ1) is 21.8. The molecule has 2 aromatic rings. The van der Waals surface area contributed by atoms with E-state index in [1.807, 2.05) is 54.6 Å². The van der Waals surface area contributed by atoms with Crippen molar-refractivity contribution in [1.29, 1.82) is 0 Å². The minimum atomic E-state index is -0.876. The first-order valence-corrected chi connectivity index (χ1v) is 10.6. The van der Waals surface area contributed by atoms with Crippen molar-refractivity contribution in [2.45, 2.75) is 38.0 Å². The van der Waals surface area contributed by atoms with Gasteiger partial charge in [-0.1, -0.05) is 64.5 Å². The SMILES string of the molecule is NC(=O)[C@@H](Cc1ccccc1Br)NC(=O)[C@H]1CCCN1C(=O)OCc1ccccc1. The van der Waals surface area contributed by atoms with Gasteiger partial charge in [0.05, 0.1) is 0 Å². The second-order valence-electron chi connectivity index (χ2n) is 7.15. The summed E-state index contributed by atoms with van der Waals surface area (Å²) in [5.41, 5.74) is 7.24. The van der Waals surface area contributed by atoms with Gasteiger partial charge in [-0.2, -0.15) is 0 Å². The van der Waals surface area contributed by atoms with Gasteiger partial charge in [-0.3, -0.25) is 14.5 Å². The number of hydrogen-bond acceptors (Lipinski definition) is 4. The quantitative estimate of drug-likeness (QED) is 0.645. The van der Waals surface area contributed by atoms with Crippen LogP contribution in [0.2, 0.25) is 0 Å². The third kappa shape index (κ3) is 5.60. The molecule has 3 rings (SSSR count). The highest BCUT2D eigenvalue weighted by molar-refractivity contribution is 9.10. The predicted octanol–water partition coefficient (Wildman–Crippen LogP) is 2.76. The van der Waals surface area contributed by atoms with E-state index in [0.29, 0.717) is 19.4 Å². The van der Waals surface area contributed by atoms with Crippen LogP contribution in [-0.2, 0) is 27.4 Å². The van der Waals surface area contributed by atoms with Crippen LogP contribution in [0, 0.1) is 0 Å². The number of likely N-dealkylation sites (tertiary alicyclic amines) is 1. The summed E-state index contributed by atoms with van der Waals surface area (Å²) in [6.45, 7) is 0.563. The van der Waals surface area contributed by atoms with Crippen molar-refractivity contribution in [2.24, 2.45) is 5.73 Å². The van der Waals surface area contributed by atoms with Gasteiger partial charge in [-0.25, -0.2) is 4.79 Å². The molecule has 158 valence electrons. The molecular weight excluding hydrogens is 450 g/mol. The number of halogens is 1. The van der Waals surface area contributed by atoms with Crippen LogP contribution in [0.15, 0.2) is 59.1 Å². The van der Waals surface area contributed by atoms with Gasteiger partial charge >= 0.3 is 6.09 Å². The number of benzene rings is 2. The van der Waals surface area contributed by atoms with Crippen molar-refractivity contribution in [3.63, 3.8) is 0 Å². The number of rotatable bonds is 7. The molecule has 1 aliphatic heterocycles. The van der Waals surface area contributed by atoms with Crippen molar-refractivity contribution in [3.05, 3.63) is 70.2 Å². The molecule has 0 bridgehead atoms. The summed E-state index contributed by atoms with van der Waals surface area (Å²) in [5.74, 6) is -1.03. The number of carbonyl (C=O) groups is 3. The third-order valence-electron chi connectivity index (χ3n) is 5.04. The number of carbonyl (C=O) groups excluding carboxylic acids is 3. The third-order valence-corrected chi connectivity index (χ3v) is 5.81. The van der Waals surface area contributed by atoms with Crippen LogP contribution in [0.4, 0.5) is 4.79 Å². The molecule has 2 atom stereocenters. The molecule has 1 aliphatic rings. The number of hydrogen-bond donors (Lipinski definition) is 2. The second kappa shape index (κ2) is 10.2. The predicted molar refractivity (Wildman–Crippen MR) is 115 cm³/mol. The van der Waals surface area contributed by atoms with Crippen LogP contribution < -0.4 is 11.1 Å². The van der Waals surface area contributed by atoms with Crippen molar-refractivity contribution in [1.82, 2.24) is 10.2 Å². The average Bonchev–Trinajstić information content (AvgIpc) is 3.24. The van der Waals surface area contributed by atoms with Crippen molar-refractivity contribution < 1.29 is 19.1 Å². The van der Waals surface area contributed by atoms with Crippen LogP contribution in [0.25, 0.3) is 0 Å². The van der Waals surface area contributed by atoms with Crippen LogP contribution in [0.1, 0.15) is 24.0 Å². The maximum Gasteiger partial charge on any atom is 0.410 e. The maximum atomic E-state index is 12.8. The second-order valence-corrected chi connectivity index (χ2v) is 8.01. The molecule has 0 radical (unpaired) electrons. The number of nitrogens with zero attached hydrogens (tertiary/aromatic N) is 1. The fourth-order valence-corrected chi connectivity index (χ4v) is 3.88. The zero-order valence-electron chi connectivity index (χ0n) is 16.4. The molecule has 8 heteroatoms. The molecule has 2 aromatic carbocycles. The Morgan fingerprint density at radius 2 is 1.83 bits per heavy atom. The average molecular weight is 474 g/mol. The Morgan fingerprint density at radius 1 is 1.13 bits per heavy atom. The largest absolute Gasteiger partial charge is 0.445 e. The fourth-order valence-electron chi connectivity index (χ4n) is 3.43. The Labute approximate surface area is 183 Å². The van der Waals surface area contributed by atoms with Gasteiger partial charge in [0.15, 0.2) is 0 Å². The van der Waals surface area contributed by atoms with E-state index in [4.69, 9.17) is 10.5 Å². The van der Waals surface area contributed by atoms with E-state index in [9.17, 15) is 14.4 Å². The number of amides is 3. The van der Waals surface area contributed by atoms with Crippen LogP contribution in [-0.4, -0.2) is 41.4 Å². The zero-order valence-corrected chi connectivity index (χ0v) is 18.0. The molecule has 3 amide bonds. The van der Waals surface area contributed by atoms with E-state index in [2.05, 4.69) is 21.2 Å². The fraction of sp³-hybridized carbons (Fsp3) is 0.318. The van der Waals surface area contributed by atoms with E-state index >= 15 is 0 Å². The smallest absolute Gasteiger partial charge is 0.410 e. The lowest BCUT2D eigenvalue weighted by Crippen LogP contribution is -2.53. The Hall–Kier alpha value is -2.87. The molecule has 30 heavy (non-hydrogen) atoms. The van der Waals surface area contributed by atoms with Crippen LogP contribution in [0.5, 0.6) is 0 Å². The molecule has 1 saturated heterocycles. The summed E-state index contributed by atoms with van der Waals surface area (Å²) >= 11 is 3.44. The summed E-state index contributed by atoms with van der Waals surface area (Å²) in [4.78, 5) is 38.7. The normalized spacial score (nSPS) is 16.7. The number of primary amides is 1. The van der Waals surface area contributed by atoms with Crippen LogP contribution in [0.3, 0.4) is 0 Å². The van der Waals surface area contributed by atoms with Gasteiger partial charge in [0.2, 0.25) is 11.8 Å². The minimum Gasteiger partial charge on any atom is -0.445 e. The Morgan fingerprint density at radius 3 is 2.53 bits per heavy atom. The lowest BCUT2D eigenvalue weighted by Gasteiger charge is -2.25. The molecule has 1 heterocycles. The molecule has 1 fully saturated rings. The number of nitrogens with one attached hydrogen (secondary N) is 1. The topological polar surface area (TPSA) is 102 Å². The molecule has 7 nitrogen and oxygen atoms in total. The standard InChI is InChI=1S/C22H24BrN3O4/c23-17-10-5-4-9-16(17)13-18(20(24)27)25-21(28)19-11-6-12-26(19)22(29)30-14-15-7-2-1-3-8-15/h1-5,7-10,18-19H,6,11-14H2,(H2,24,27)(H,25,28)/t18-,19-/m1/s1. The van der Waals surface area contributed by atoms with Gasteiger partial charge < -0.3 is 15.8 Å². The van der Waals surface area contributed by atoms with Gasteiger partial charge in [-0.15, -0.1) is 0 Å². The molecular formula is C22H24BrN3O4. The highest BCUT2D eigenvalue weighted by atomic mass is 79.9. The summed E-state index contributed by atoms with van der Waals surface area (Å²) in [5, 5.41) is 2.71. The Balaban J connectivity index is 1.61. The van der Waals surface area contributed by atoms with E-state index < -0.39 is 30.0 Å². The van der Waals surface area contributed by atoms with E-state index in [1.165, 1.54) is 4.90 Å². The van der Waals surface area contributed by atoms with Gasteiger partial charge in [0.1, 0.15) is 18.7 Å². The molecule has 3 N–H and O–H groups in total. The van der Waals surface area contributed by atoms with Crippen LogP contribution >= 0.6 is 15.9 Å². The first-order chi connectivity index (χ1) is 14.5. The lowest BCUT2D eigenvalue weighted by atomic mass is 10.0. The first-order valence-electron chi connectivity index (χ1n) is 9.76. The molecule has 0 unspecified atom stereocenters. The van der Waals surface area contributed by atoms with E-state index in [-0.39, 0.29) is 13.0 Å². The number of nitrogens with two attached hydrogens (primary N) is 1. The highest BCUT2D eigenvalue weighted by Crippen LogP contribution is 2.21. The van der Waals surface area contributed by atoms with Crippen molar-refractivity contribution >= 4 is 33.8 Å². The van der Waals surface area contributed by atoms with Gasteiger partial charge in [-0.05, 0) is 30.0 Å². The Bertz CT molecular complexity index is 906.